The molecule has 1 unspecified atom stereocenters. The molecule has 0 aromatic heterocycles. The number of aryl methyl sites for hydroxylation is 1. The van der Waals surface area contributed by atoms with E-state index in [0.29, 0.717) is 19.4 Å². The predicted octanol–water partition coefficient (Wildman–Crippen LogP) is 2.23. The second-order valence-electron chi connectivity index (χ2n) is 5.51. The molecule has 0 fully saturated rings. The summed E-state index contributed by atoms with van der Waals surface area (Å²) in [6.45, 7) is 4.52. The van der Waals surface area contributed by atoms with E-state index in [1.54, 1.807) is 0 Å². The fourth-order valence-corrected chi connectivity index (χ4v) is 2.33. The summed E-state index contributed by atoms with van der Waals surface area (Å²) in [5, 5.41) is 15.1. The molecular weight excluding hydrogens is 266 g/mol. The number of nitrogens with zero attached hydrogens (tertiary/aromatic N) is 1. The first-order valence-electron chi connectivity index (χ1n) is 7.29. The van der Waals surface area contributed by atoms with Crippen molar-refractivity contribution in [3.8, 4) is 11.8 Å². The average Bonchev–Trinajstić information content (AvgIpc) is 2.45. The topological polar surface area (TPSA) is 74.1 Å². The molecule has 5 heteroatoms. The summed E-state index contributed by atoms with van der Waals surface area (Å²) in [5.74, 6) is 0.846. The van der Waals surface area contributed by atoms with Crippen LogP contribution < -0.4 is 15.4 Å². The van der Waals surface area contributed by atoms with Crippen molar-refractivity contribution in [3.05, 3.63) is 23.8 Å². The van der Waals surface area contributed by atoms with Crippen molar-refractivity contribution in [1.82, 2.24) is 5.32 Å². The Balaban J connectivity index is 1.87. The lowest BCUT2D eigenvalue weighted by Crippen LogP contribution is -2.34. The Morgan fingerprint density at radius 2 is 2.24 bits per heavy atom. The third-order valence-corrected chi connectivity index (χ3v) is 3.34. The summed E-state index contributed by atoms with van der Waals surface area (Å²) in [6, 6.07) is 8.01. The second-order valence-corrected chi connectivity index (χ2v) is 5.51. The molecular formula is C16H21N3O2. The van der Waals surface area contributed by atoms with E-state index in [2.05, 4.69) is 16.7 Å². The van der Waals surface area contributed by atoms with Crippen molar-refractivity contribution in [1.29, 1.82) is 5.26 Å². The predicted molar refractivity (Wildman–Crippen MR) is 81.2 cm³/mol. The van der Waals surface area contributed by atoms with Crippen molar-refractivity contribution < 1.29 is 9.53 Å². The molecule has 21 heavy (non-hydrogen) atoms. The van der Waals surface area contributed by atoms with Gasteiger partial charge in [-0.1, -0.05) is 0 Å². The van der Waals surface area contributed by atoms with Gasteiger partial charge in [0.2, 0.25) is 5.91 Å². The summed E-state index contributed by atoms with van der Waals surface area (Å²) in [7, 11) is 0. The molecule has 0 saturated carbocycles. The van der Waals surface area contributed by atoms with Crippen LogP contribution in [0.4, 0.5) is 5.69 Å². The first kappa shape index (κ1) is 15.3. The van der Waals surface area contributed by atoms with E-state index < -0.39 is 0 Å². The van der Waals surface area contributed by atoms with Gasteiger partial charge in [0.15, 0.2) is 0 Å². The SMILES string of the molecule is CC(C)NC(C#N)CCOc1ccc2c(c1)CCC(=O)N2. The van der Waals surface area contributed by atoms with Crippen LogP contribution in [0.25, 0.3) is 0 Å². The summed E-state index contributed by atoms with van der Waals surface area (Å²) in [6.07, 6.45) is 1.90. The molecule has 1 heterocycles. The molecule has 5 nitrogen and oxygen atoms in total. The third-order valence-electron chi connectivity index (χ3n) is 3.34. The van der Waals surface area contributed by atoms with Gasteiger partial charge in [-0.15, -0.1) is 0 Å². The molecule has 1 atom stereocenters. The normalized spacial score (nSPS) is 15.0. The molecule has 2 N–H and O–H groups in total. The quantitative estimate of drug-likeness (QED) is 0.841. The molecule has 1 aromatic rings. The molecule has 1 aromatic carbocycles. The largest absolute Gasteiger partial charge is 0.493 e. The average molecular weight is 287 g/mol. The van der Waals surface area contributed by atoms with E-state index in [0.717, 1.165) is 23.4 Å². The zero-order chi connectivity index (χ0) is 15.2. The number of rotatable bonds is 6. The van der Waals surface area contributed by atoms with Gasteiger partial charge in [0.05, 0.1) is 18.7 Å². The van der Waals surface area contributed by atoms with E-state index in [-0.39, 0.29) is 18.0 Å². The number of carbonyl (C=O) groups excluding carboxylic acids is 1. The number of nitriles is 1. The maximum absolute atomic E-state index is 11.3. The first-order valence-corrected chi connectivity index (χ1v) is 7.29. The van der Waals surface area contributed by atoms with Crippen LogP contribution in [0.1, 0.15) is 32.3 Å². The lowest BCUT2D eigenvalue weighted by atomic mass is 10.0. The highest BCUT2D eigenvalue weighted by atomic mass is 16.5. The van der Waals surface area contributed by atoms with Gasteiger partial charge in [-0.2, -0.15) is 5.26 Å². The monoisotopic (exact) mass is 287 g/mol. The van der Waals surface area contributed by atoms with E-state index >= 15 is 0 Å². The lowest BCUT2D eigenvalue weighted by molar-refractivity contribution is -0.116. The summed E-state index contributed by atoms with van der Waals surface area (Å²) in [4.78, 5) is 11.3. The summed E-state index contributed by atoms with van der Waals surface area (Å²) in [5.41, 5.74) is 1.97. The third kappa shape index (κ3) is 4.47. The molecule has 1 amide bonds. The number of fused-ring (bicyclic) bond motifs is 1. The Labute approximate surface area is 125 Å². The molecule has 0 aliphatic carbocycles. The minimum atomic E-state index is -0.193. The number of ether oxygens (including phenoxy) is 1. The van der Waals surface area contributed by atoms with Gasteiger partial charge in [0, 0.05) is 24.6 Å². The molecule has 0 spiro atoms. The van der Waals surface area contributed by atoms with Gasteiger partial charge in [0.1, 0.15) is 5.75 Å². The highest BCUT2D eigenvalue weighted by molar-refractivity contribution is 5.93. The van der Waals surface area contributed by atoms with Gasteiger partial charge in [-0.05, 0) is 44.0 Å². The maximum Gasteiger partial charge on any atom is 0.224 e. The number of anilines is 1. The van der Waals surface area contributed by atoms with Gasteiger partial charge >= 0.3 is 0 Å². The zero-order valence-corrected chi connectivity index (χ0v) is 12.5. The molecule has 0 saturated heterocycles. The number of carbonyl (C=O) groups is 1. The van der Waals surface area contributed by atoms with Crippen molar-refractivity contribution in [2.45, 2.75) is 45.2 Å². The van der Waals surface area contributed by atoms with Gasteiger partial charge in [-0.25, -0.2) is 0 Å². The fourth-order valence-electron chi connectivity index (χ4n) is 2.33. The van der Waals surface area contributed by atoms with Crippen LogP contribution in [0, 0.1) is 11.3 Å². The van der Waals surface area contributed by atoms with Crippen molar-refractivity contribution in [2.24, 2.45) is 0 Å². The first-order chi connectivity index (χ1) is 10.1. The van der Waals surface area contributed by atoms with Crippen LogP contribution in [0.2, 0.25) is 0 Å². The van der Waals surface area contributed by atoms with Gasteiger partial charge < -0.3 is 10.1 Å². The molecule has 112 valence electrons. The van der Waals surface area contributed by atoms with E-state index in [4.69, 9.17) is 10.00 Å². The summed E-state index contributed by atoms with van der Waals surface area (Å²) >= 11 is 0. The zero-order valence-electron chi connectivity index (χ0n) is 12.5. The molecule has 1 aliphatic rings. The lowest BCUT2D eigenvalue weighted by Gasteiger charge is -2.18. The molecule has 0 radical (unpaired) electrons. The molecule has 0 bridgehead atoms. The van der Waals surface area contributed by atoms with Crippen LogP contribution in [0.3, 0.4) is 0 Å². The maximum atomic E-state index is 11.3. The molecule has 1 aliphatic heterocycles. The highest BCUT2D eigenvalue weighted by Gasteiger charge is 2.15. The van der Waals surface area contributed by atoms with E-state index in [9.17, 15) is 4.79 Å². The Morgan fingerprint density at radius 3 is 2.95 bits per heavy atom. The van der Waals surface area contributed by atoms with Crippen LogP contribution in [-0.4, -0.2) is 24.6 Å². The van der Waals surface area contributed by atoms with Crippen molar-refractivity contribution >= 4 is 11.6 Å². The van der Waals surface area contributed by atoms with Gasteiger partial charge in [-0.3, -0.25) is 10.1 Å². The smallest absolute Gasteiger partial charge is 0.224 e. The van der Waals surface area contributed by atoms with Crippen LogP contribution >= 0.6 is 0 Å². The second kappa shape index (κ2) is 7.09. The van der Waals surface area contributed by atoms with Crippen LogP contribution in [-0.2, 0) is 11.2 Å². The standard InChI is InChI=1S/C16H21N3O2/c1-11(2)18-13(10-17)7-8-21-14-4-5-15-12(9-14)3-6-16(20)19-15/h4-5,9,11,13,18H,3,6-8H2,1-2H3,(H,19,20). The van der Waals surface area contributed by atoms with E-state index in [1.807, 2.05) is 32.0 Å². The Kier molecular flexibility index (Phi) is 5.18. The minimum absolute atomic E-state index is 0.0628. The van der Waals surface area contributed by atoms with E-state index in [1.165, 1.54) is 0 Å². The van der Waals surface area contributed by atoms with Crippen LogP contribution in [0.15, 0.2) is 18.2 Å². The van der Waals surface area contributed by atoms with Crippen LogP contribution in [0.5, 0.6) is 5.75 Å². The number of amides is 1. The number of nitrogens with one attached hydrogen (secondary N) is 2. The number of hydrogen-bond acceptors (Lipinski definition) is 4. The Bertz CT molecular complexity index is 549. The summed E-state index contributed by atoms with van der Waals surface area (Å²) < 4.78 is 5.71. The highest BCUT2D eigenvalue weighted by Crippen LogP contribution is 2.26. The number of hydrogen-bond donors (Lipinski definition) is 2. The Hall–Kier alpha value is -2.06. The Morgan fingerprint density at radius 1 is 1.43 bits per heavy atom. The molecule has 2 rings (SSSR count). The fraction of sp³-hybridized carbons (Fsp3) is 0.500. The van der Waals surface area contributed by atoms with Crippen molar-refractivity contribution in [3.63, 3.8) is 0 Å². The van der Waals surface area contributed by atoms with Gasteiger partial charge in [0.25, 0.3) is 0 Å². The van der Waals surface area contributed by atoms with Crippen molar-refractivity contribution in [2.75, 3.05) is 11.9 Å². The minimum Gasteiger partial charge on any atom is -0.493 e. The number of benzene rings is 1.